The molecular weight excluding hydrogens is 318 g/mol. The fourth-order valence-electron chi connectivity index (χ4n) is 1.87. The molecule has 2 amide bonds. The van der Waals surface area contributed by atoms with Gasteiger partial charge in [0.1, 0.15) is 5.75 Å². The molecular formula is C16H16ClN3O3. The molecule has 0 atom stereocenters. The van der Waals surface area contributed by atoms with Crippen molar-refractivity contribution >= 4 is 34.8 Å². The van der Waals surface area contributed by atoms with Gasteiger partial charge in [-0.15, -0.1) is 0 Å². The Morgan fingerprint density at radius 3 is 2.65 bits per heavy atom. The Morgan fingerprint density at radius 2 is 1.96 bits per heavy atom. The summed E-state index contributed by atoms with van der Waals surface area (Å²) >= 11 is 6.01. The van der Waals surface area contributed by atoms with Gasteiger partial charge in [0.25, 0.3) is 5.91 Å². The van der Waals surface area contributed by atoms with E-state index in [0.29, 0.717) is 27.7 Å². The summed E-state index contributed by atoms with van der Waals surface area (Å²) in [5.41, 5.74) is 6.58. The maximum absolute atomic E-state index is 12.2. The quantitative estimate of drug-likeness (QED) is 0.783. The SMILES string of the molecule is COc1cccc(C(=O)Nc2ccc(Cl)c(NC(=O)CN)c2)c1. The summed E-state index contributed by atoms with van der Waals surface area (Å²) < 4.78 is 5.09. The number of hydrogen-bond acceptors (Lipinski definition) is 4. The van der Waals surface area contributed by atoms with E-state index in [1.54, 1.807) is 42.5 Å². The number of methoxy groups -OCH3 is 1. The fraction of sp³-hybridized carbons (Fsp3) is 0.125. The summed E-state index contributed by atoms with van der Waals surface area (Å²) in [7, 11) is 1.53. The second-order valence-electron chi connectivity index (χ2n) is 4.63. The van der Waals surface area contributed by atoms with E-state index in [1.807, 2.05) is 0 Å². The molecule has 0 heterocycles. The second-order valence-corrected chi connectivity index (χ2v) is 5.04. The van der Waals surface area contributed by atoms with Crippen molar-refractivity contribution in [3.05, 3.63) is 53.1 Å². The van der Waals surface area contributed by atoms with Crippen LogP contribution in [0.1, 0.15) is 10.4 Å². The van der Waals surface area contributed by atoms with Gasteiger partial charge in [-0.05, 0) is 36.4 Å². The van der Waals surface area contributed by atoms with Crippen LogP contribution in [0.5, 0.6) is 5.75 Å². The Hall–Kier alpha value is -2.57. The van der Waals surface area contributed by atoms with Gasteiger partial charge in [-0.1, -0.05) is 17.7 Å². The summed E-state index contributed by atoms with van der Waals surface area (Å²) in [6, 6.07) is 11.6. The molecule has 2 aromatic rings. The molecule has 0 spiro atoms. The van der Waals surface area contributed by atoms with E-state index in [-0.39, 0.29) is 18.4 Å². The van der Waals surface area contributed by atoms with Crippen molar-refractivity contribution in [2.75, 3.05) is 24.3 Å². The molecule has 0 aliphatic rings. The maximum Gasteiger partial charge on any atom is 0.255 e. The Bertz CT molecular complexity index is 734. The zero-order chi connectivity index (χ0) is 16.8. The minimum absolute atomic E-state index is 0.156. The topological polar surface area (TPSA) is 93.5 Å². The van der Waals surface area contributed by atoms with Gasteiger partial charge >= 0.3 is 0 Å². The van der Waals surface area contributed by atoms with Gasteiger partial charge in [0.05, 0.1) is 24.4 Å². The highest BCUT2D eigenvalue weighted by Gasteiger charge is 2.10. The van der Waals surface area contributed by atoms with E-state index in [4.69, 9.17) is 22.1 Å². The van der Waals surface area contributed by atoms with Crippen LogP contribution in [0.25, 0.3) is 0 Å². The second kappa shape index (κ2) is 7.62. The van der Waals surface area contributed by atoms with Gasteiger partial charge < -0.3 is 21.1 Å². The molecule has 0 bridgehead atoms. The largest absolute Gasteiger partial charge is 0.497 e. The molecule has 6 nitrogen and oxygen atoms in total. The normalized spacial score (nSPS) is 10.0. The van der Waals surface area contributed by atoms with Crippen molar-refractivity contribution in [1.82, 2.24) is 0 Å². The smallest absolute Gasteiger partial charge is 0.255 e. The van der Waals surface area contributed by atoms with Gasteiger partial charge in [-0.3, -0.25) is 9.59 Å². The first-order valence-electron chi connectivity index (χ1n) is 6.78. The van der Waals surface area contributed by atoms with Crippen molar-refractivity contribution in [1.29, 1.82) is 0 Å². The molecule has 0 fully saturated rings. The predicted molar refractivity (Wildman–Crippen MR) is 90.1 cm³/mol. The zero-order valence-corrected chi connectivity index (χ0v) is 13.2. The van der Waals surface area contributed by atoms with Crippen molar-refractivity contribution < 1.29 is 14.3 Å². The number of hydrogen-bond donors (Lipinski definition) is 3. The first kappa shape index (κ1) is 16.8. The molecule has 0 aromatic heterocycles. The van der Waals surface area contributed by atoms with Crippen LogP contribution in [-0.2, 0) is 4.79 Å². The van der Waals surface area contributed by atoms with E-state index in [2.05, 4.69) is 10.6 Å². The Balaban J connectivity index is 2.17. The van der Waals surface area contributed by atoms with Crippen LogP contribution in [0.2, 0.25) is 5.02 Å². The summed E-state index contributed by atoms with van der Waals surface area (Å²) in [4.78, 5) is 23.6. The van der Waals surface area contributed by atoms with Crippen molar-refractivity contribution in [3.8, 4) is 5.75 Å². The summed E-state index contributed by atoms with van der Waals surface area (Å²) in [6.45, 7) is -0.156. The standard InChI is InChI=1S/C16H16ClN3O3/c1-23-12-4-2-3-10(7-12)16(22)19-11-5-6-13(17)14(8-11)20-15(21)9-18/h2-8H,9,18H2,1H3,(H,19,22)(H,20,21). The summed E-state index contributed by atoms with van der Waals surface area (Å²) in [5, 5.41) is 5.65. The van der Waals surface area contributed by atoms with Crippen LogP contribution < -0.4 is 21.1 Å². The third-order valence-electron chi connectivity index (χ3n) is 3.02. The molecule has 0 aliphatic heterocycles. The van der Waals surface area contributed by atoms with Gasteiger partial charge in [0, 0.05) is 11.3 Å². The highest BCUT2D eigenvalue weighted by molar-refractivity contribution is 6.34. The molecule has 0 saturated heterocycles. The lowest BCUT2D eigenvalue weighted by molar-refractivity contribution is -0.114. The van der Waals surface area contributed by atoms with Crippen LogP contribution >= 0.6 is 11.6 Å². The Kier molecular flexibility index (Phi) is 5.56. The molecule has 2 aromatic carbocycles. The van der Waals surface area contributed by atoms with Gasteiger partial charge in [-0.25, -0.2) is 0 Å². The molecule has 0 aliphatic carbocycles. The molecule has 120 valence electrons. The fourth-order valence-corrected chi connectivity index (χ4v) is 2.03. The van der Waals surface area contributed by atoms with E-state index >= 15 is 0 Å². The number of nitrogens with two attached hydrogens (primary N) is 1. The molecule has 2 rings (SSSR count). The first-order valence-corrected chi connectivity index (χ1v) is 7.16. The molecule has 23 heavy (non-hydrogen) atoms. The Morgan fingerprint density at radius 1 is 1.17 bits per heavy atom. The lowest BCUT2D eigenvalue weighted by atomic mass is 10.2. The number of nitrogens with one attached hydrogen (secondary N) is 2. The van der Waals surface area contributed by atoms with Crippen LogP contribution in [0.4, 0.5) is 11.4 Å². The number of amides is 2. The molecule has 4 N–H and O–H groups in total. The predicted octanol–water partition coefficient (Wildman–Crippen LogP) is 2.50. The van der Waals surface area contributed by atoms with E-state index in [1.165, 1.54) is 7.11 Å². The number of carbonyl (C=O) groups is 2. The molecule has 0 radical (unpaired) electrons. The van der Waals surface area contributed by atoms with Crippen molar-refractivity contribution in [2.24, 2.45) is 5.73 Å². The minimum atomic E-state index is -0.372. The lowest BCUT2D eigenvalue weighted by Crippen LogP contribution is -2.22. The summed E-state index contributed by atoms with van der Waals surface area (Å²) in [5.74, 6) is -0.0878. The average molecular weight is 334 g/mol. The zero-order valence-electron chi connectivity index (χ0n) is 12.4. The van der Waals surface area contributed by atoms with Crippen LogP contribution in [0, 0.1) is 0 Å². The van der Waals surface area contributed by atoms with Gasteiger partial charge in [-0.2, -0.15) is 0 Å². The van der Waals surface area contributed by atoms with Crippen molar-refractivity contribution in [2.45, 2.75) is 0 Å². The van der Waals surface area contributed by atoms with Crippen LogP contribution in [-0.4, -0.2) is 25.5 Å². The van der Waals surface area contributed by atoms with Gasteiger partial charge in [0.15, 0.2) is 0 Å². The minimum Gasteiger partial charge on any atom is -0.497 e. The van der Waals surface area contributed by atoms with E-state index < -0.39 is 0 Å². The number of ether oxygens (including phenoxy) is 1. The Labute approximate surface area is 138 Å². The average Bonchev–Trinajstić information content (AvgIpc) is 2.57. The van der Waals surface area contributed by atoms with Crippen LogP contribution in [0.3, 0.4) is 0 Å². The molecule has 7 heteroatoms. The third kappa shape index (κ3) is 4.45. The number of halogens is 1. The van der Waals surface area contributed by atoms with Gasteiger partial charge in [0.2, 0.25) is 5.91 Å². The molecule has 0 saturated carbocycles. The van der Waals surface area contributed by atoms with Crippen molar-refractivity contribution in [3.63, 3.8) is 0 Å². The van der Waals surface area contributed by atoms with E-state index in [9.17, 15) is 9.59 Å². The monoisotopic (exact) mass is 333 g/mol. The summed E-state index contributed by atoms with van der Waals surface area (Å²) in [6.07, 6.45) is 0. The lowest BCUT2D eigenvalue weighted by Gasteiger charge is -2.10. The first-order chi connectivity index (χ1) is 11.0. The highest BCUT2D eigenvalue weighted by atomic mass is 35.5. The number of anilines is 2. The third-order valence-corrected chi connectivity index (χ3v) is 3.35. The van der Waals surface area contributed by atoms with E-state index in [0.717, 1.165) is 0 Å². The number of carbonyl (C=O) groups excluding carboxylic acids is 2. The number of benzene rings is 2. The van der Waals surface area contributed by atoms with Crippen LogP contribution in [0.15, 0.2) is 42.5 Å². The number of rotatable bonds is 5. The molecule has 0 unspecified atom stereocenters. The highest BCUT2D eigenvalue weighted by Crippen LogP contribution is 2.26. The maximum atomic E-state index is 12.2.